The Balaban J connectivity index is 1.75. The largest absolute Gasteiger partial charge is 0.454 e. The summed E-state index contributed by atoms with van der Waals surface area (Å²) in [7, 11) is 3.75. The fraction of sp³-hybridized carbons (Fsp3) is 0.556. The van der Waals surface area contributed by atoms with Crippen molar-refractivity contribution in [3.63, 3.8) is 0 Å². The van der Waals surface area contributed by atoms with Crippen LogP contribution in [0.15, 0.2) is 24.3 Å². The number of methoxy groups -OCH3 is 1. The van der Waals surface area contributed by atoms with E-state index in [1.807, 2.05) is 12.1 Å². The minimum absolute atomic E-state index is 0.0194. The normalized spacial score (nSPS) is 39.5. The van der Waals surface area contributed by atoms with Crippen LogP contribution in [-0.2, 0) is 14.9 Å². The van der Waals surface area contributed by atoms with Crippen LogP contribution in [0, 0.1) is 0 Å². The molecule has 4 aliphatic rings. The zero-order valence-corrected chi connectivity index (χ0v) is 13.8. The van der Waals surface area contributed by atoms with Gasteiger partial charge in [0.2, 0.25) is 6.79 Å². The Morgan fingerprint density at radius 2 is 2.08 bits per heavy atom. The summed E-state index contributed by atoms with van der Waals surface area (Å²) >= 11 is 0. The maximum absolute atomic E-state index is 10.1. The first-order valence-electron chi connectivity index (χ1n) is 8.33. The fourth-order valence-electron chi connectivity index (χ4n) is 4.82. The molecule has 3 heterocycles. The first-order valence-corrected chi connectivity index (χ1v) is 8.33. The maximum Gasteiger partial charge on any atom is 0.231 e. The number of fused-ring (bicyclic) bond motifs is 2. The number of aliphatic hydroxyl groups excluding tert-OH is 1. The smallest absolute Gasteiger partial charge is 0.231 e. The van der Waals surface area contributed by atoms with E-state index in [9.17, 15) is 5.11 Å². The van der Waals surface area contributed by atoms with Gasteiger partial charge < -0.3 is 24.1 Å². The number of nitrogens with zero attached hydrogens (tertiary/aromatic N) is 1. The van der Waals surface area contributed by atoms with Crippen LogP contribution in [0.1, 0.15) is 23.8 Å². The van der Waals surface area contributed by atoms with Crippen molar-refractivity contribution in [2.75, 3.05) is 27.5 Å². The highest BCUT2D eigenvalue weighted by Gasteiger charge is 2.59. The van der Waals surface area contributed by atoms with E-state index >= 15 is 0 Å². The molecule has 5 rings (SSSR count). The Morgan fingerprint density at radius 3 is 2.88 bits per heavy atom. The van der Waals surface area contributed by atoms with Crippen LogP contribution in [0.4, 0.5) is 0 Å². The van der Waals surface area contributed by atoms with Gasteiger partial charge in [0, 0.05) is 25.3 Å². The molecule has 0 radical (unpaired) electrons. The molecule has 128 valence electrons. The molecule has 1 saturated heterocycles. The van der Waals surface area contributed by atoms with Gasteiger partial charge in [-0.2, -0.15) is 0 Å². The third kappa shape index (κ3) is 1.74. The SMILES string of the molecule is COC1OC2CN(C)C3CC(O)C=CC23c2cc3c(cc21)OCO3. The highest BCUT2D eigenvalue weighted by atomic mass is 16.7. The van der Waals surface area contributed by atoms with Gasteiger partial charge in [-0.3, -0.25) is 4.90 Å². The molecule has 0 amide bonds. The van der Waals surface area contributed by atoms with Crippen LogP contribution in [0.25, 0.3) is 0 Å². The minimum Gasteiger partial charge on any atom is -0.454 e. The monoisotopic (exact) mass is 331 g/mol. The molecule has 1 fully saturated rings. The Morgan fingerprint density at radius 1 is 1.29 bits per heavy atom. The number of likely N-dealkylation sites (N-methyl/N-ethyl adjacent to an activating group) is 1. The zero-order valence-electron chi connectivity index (χ0n) is 13.8. The van der Waals surface area contributed by atoms with Gasteiger partial charge in [0.1, 0.15) is 0 Å². The Bertz CT molecular complexity index is 720. The second-order valence-electron chi connectivity index (χ2n) is 7.04. The van der Waals surface area contributed by atoms with E-state index in [-0.39, 0.29) is 24.4 Å². The first kappa shape index (κ1) is 14.7. The van der Waals surface area contributed by atoms with E-state index < -0.39 is 12.4 Å². The van der Waals surface area contributed by atoms with E-state index in [0.29, 0.717) is 6.42 Å². The molecule has 24 heavy (non-hydrogen) atoms. The molecule has 5 atom stereocenters. The van der Waals surface area contributed by atoms with Crippen molar-refractivity contribution in [1.82, 2.24) is 4.90 Å². The Labute approximate surface area is 140 Å². The number of benzene rings is 1. The Hall–Kier alpha value is -1.60. The van der Waals surface area contributed by atoms with Crippen LogP contribution >= 0.6 is 0 Å². The molecule has 1 N–H and O–H groups in total. The van der Waals surface area contributed by atoms with Crippen LogP contribution in [0.2, 0.25) is 0 Å². The van der Waals surface area contributed by atoms with Gasteiger partial charge in [-0.25, -0.2) is 0 Å². The number of aliphatic hydroxyl groups is 1. The van der Waals surface area contributed by atoms with Crippen LogP contribution in [0.3, 0.4) is 0 Å². The summed E-state index contributed by atoms with van der Waals surface area (Å²) < 4.78 is 23.1. The van der Waals surface area contributed by atoms with Crippen molar-refractivity contribution in [3.05, 3.63) is 35.4 Å². The van der Waals surface area contributed by atoms with E-state index in [1.165, 1.54) is 0 Å². The van der Waals surface area contributed by atoms with Crippen molar-refractivity contribution in [3.8, 4) is 11.5 Å². The molecule has 5 unspecified atom stereocenters. The average molecular weight is 331 g/mol. The minimum atomic E-state index is -0.419. The van der Waals surface area contributed by atoms with E-state index in [0.717, 1.165) is 29.2 Å². The highest BCUT2D eigenvalue weighted by Crippen LogP contribution is 2.55. The van der Waals surface area contributed by atoms with Gasteiger partial charge in [-0.05, 0) is 31.2 Å². The molecule has 1 aromatic carbocycles. The molecule has 1 spiro atoms. The van der Waals surface area contributed by atoms with Gasteiger partial charge in [0.25, 0.3) is 0 Å². The number of likely N-dealkylation sites (tertiary alicyclic amines) is 1. The third-order valence-corrected chi connectivity index (χ3v) is 5.90. The zero-order chi connectivity index (χ0) is 16.5. The summed E-state index contributed by atoms with van der Waals surface area (Å²) in [5.41, 5.74) is 1.85. The lowest BCUT2D eigenvalue weighted by atomic mass is 9.65. The number of hydrogen-bond donors (Lipinski definition) is 1. The lowest BCUT2D eigenvalue weighted by Crippen LogP contribution is -2.52. The van der Waals surface area contributed by atoms with Gasteiger partial charge in [0.15, 0.2) is 17.8 Å². The van der Waals surface area contributed by atoms with Gasteiger partial charge in [0.05, 0.1) is 17.6 Å². The molecule has 0 bridgehead atoms. The molecule has 0 aromatic heterocycles. The summed E-state index contributed by atoms with van der Waals surface area (Å²) in [4.78, 5) is 2.28. The van der Waals surface area contributed by atoms with Crippen LogP contribution < -0.4 is 9.47 Å². The summed E-state index contributed by atoms with van der Waals surface area (Å²) in [6.45, 7) is 1.04. The molecular weight excluding hydrogens is 310 g/mol. The molecule has 3 aliphatic heterocycles. The van der Waals surface area contributed by atoms with Crippen molar-refractivity contribution >= 4 is 0 Å². The predicted molar refractivity (Wildman–Crippen MR) is 85.0 cm³/mol. The standard InChI is InChI=1S/C18H21NO5/c1-19-8-16-18(4-3-10(20)5-15(18)19)12-7-14-13(22-9-23-14)6-11(12)17(21-2)24-16/h3-4,6-7,10,15-17,20H,5,8-9H2,1-2H3. The summed E-state index contributed by atoms with van der Waals surface area (Å²) in [5.74, 6) is 1.50. The molecule has 1 aliphatic carbocycles. The van der Waals surface area contributed by atoms with Crippen LogP contribution in [-0.4, -0.2) is 55.8 Å². The van der Waals surface area contributed by atoms with Crippen LogP contribution in [0.5, 0.6) is 11.5 Å². The number of rotatable bonds is 1. The summed E-state index contributed by atoms with van der Waals surface area (Å²) in [5, 5.41) is 10.1. The first-order chi connectivity index (χ1) is 11.6. The second kappa shape index (κ2) is 4.95. The fourth-order valence-corrected chi connectivity index (χ4v) is 4.82. The van der Waals surface area contributed by atoms with Gasteiger partial charge in [-0.1, -0.05) is 12.2 Å². The second-order valence-corrected chi connectivity index (χ2v) is 7.04. The number of hydrogen-bond acceptors (Lipinski definition) is 6. The lowest BCUT2D eigenvalue weighted by molar-refractivity contribution is -0.178. The molecule has 1 aromatic rings. The predicted octanol–water partition coefficient (Wildman–Crippen LogP) is 1.33. The van der Waals surface area contributed by atoms with Crippen molar-refractivity contribution in [2.45, 2.75) is 36.4 Å². The third-order valence-electron chi connectivity index (χ3n) is 5.90. The van der Waals surface area contributed by atoms with Crippen molar-refractivity contribution in [1.29, 1.82) is 0 Å². The maximum atomic E-state index is 10.1. The summed E-state index contributed by atoms with van der Waals surface area (Å²) in [6.07, 6.45) is 3.87. The quantitative estimate of drug-likeness (QED) is 0.784. The van der Waals surface area contributed by atoms with E-state index in [4.69, 9.17) is 18.9 Å². The van der Waals surface area contributed by atoms with Crippen molar-refractivity contribution < 1.29 is 24.1 Å². The highest BCUT2D eigenvalue weighted by molar-refractivity contribution is 5.56. The average Bonchev–Trinajstić information content (AvgIpc) is 3.15. The topological polar surface area (TPSA) is 60.4 Å². The molecule has 6 nitrogen and oxygen atoms in total. The summed E-state index contributed by atoms with van der Waals surface area (Å²) in [6, 6.07) is 4.23. The van der Waals surface area contributed by atoms with E-state index in [2.05, 4.69) is 24.1 Å². The lowest BCUT2D eigenvalue weighted by Gasteiger charge is -2.47. The van der Waals surface area contributed by atoms with Gasteiger partial charge >= 0.3 is 0 Å². The number of ether oxygens (including phenoxy) is 4. The Kier molecular flexibility index (Phi) is 3.04. The molecule has 6 heteroatoms. The van der Waals surface area contributed by atoms with Gasteiger partial charge in [-0.15, -0.1) is 0 Å². The van der Waals surface area contributed by atoms with Crippen molar-refractivity contribution in [2.24, 2.45) is 0 Å². The molecular formula is C18H21NO5. The molecule has 0 saturated carbocycles. The van der Waals surface area contributed by atoms with E-state index in [1.54, 1.807) is 7.11 Å².